The molecule has 0 aliphatic heterocycles. The molecular weight excluding hydrogens is 148 g/mol. The summed E-state index contributed by atoms with van der Waals surface area (Å²) in [5, 5.41) is 9.16. The van der Waals surface area contributed by atoms with Gasteiger partial charge in [-0.25, -0.2) is 0 Å². The van der Waals surface area contributed by atoms with Gasteiger partial charge in [-0.2, -0.15) is 0 Å². The second-order valence-corrected chi connectivity index (χ2v) is 4.47. The van der Waals surface area contributed by atoms with Gasteiger partial charge in [-0.15, -0.1) is 0 Å². The van der Waals surface area contributed by atoms with Gasteiger partial charge in [0.15, 0.2) is 0 Å². The molecule has 0 heterocycles. The maximum atomic E-state index is 9.16. The van der Waals surface area contributed by atoms with E-state index < -0.39 is 0 Å². The lowest BCUT2D eigenvalue weighted by molar-refractivity contribution is 0.170. The molecule has 4 unspecified atom stereocenters. The lowest BCUT2D eigenvalue weighted by Gasteiger charge is -2.18. The first-order chi connectivity index (χ1) is 5.75. The molecule has 12 heavy (non-hydrogen) atoms. The van der Waals surface area contributed by atoms with Crippen molar-refractivity contribution in [2.24, 2.45) is 17.8 Å². The van der Waals surface area contributed by atoms with Crippen molar-refractivity contribution in [2.45, 2.75) is 38.7 Å². The van der Waals surface area contributed by atoms with Gasteiger partial charge in [0.05, 0.1) is 6.10 Å². The van der Waals surface area contributed by atoms with Crippen LogP contribution >= 0.6 is 0 Å². The summed E-state index contributed by atoms with van der Waals surface area (Å²) in [6, 6.07) is 0. The summed E-state index contributed by atoms with van der Waals surface area (Å²) in [4.78, 5) is 0. The molecular formula is C11H18O. The maximum absolute atomic E-state index is 9.16. The Morgan fingerprint density at radius 2 is 2.25 bits per heavy atom. The standard InChI is InChI=1S/C11H18O/c1-8(12)2-4-10-6-9-3-5-11(10)7-9/h3,5,8-12H,2,4,6-7H2,1H3. The Morgan fingerprint density at radius 3 is 2.75 bits per heavy atom. The molecule has 1 saturated carbocycles. The van der Waals surface area contributed by atoms with Crippen molar-refractivity contribution < 1.29 is 5.11 Å². The number of fused-ring (bicyclic) bond motifs is 2. The van der Waals surface area contributed by atoms with E-state index in [1.165, 1.54) is 19.3 Å². The van der Waals surface area contributed by atoms with Crippen LogP contribution < -0.4 is 0 Å². The van der Waals surface area contributed by atoms with Crippen molar-refractivity contribution >= 4 is 0 Å². The van der Waals surface area contributed by atoms with Crippen LogP contribution in [0.15, 0.2) is 12.2 Å². The fourth-order valence-electron chi connectivity index (χ4n) is 2.68. The summed E-state index contributed by atoms with van der Waals surface area (Å²) in [6.45, 7) is 1.89. The van der Waals surface area contributed by atoms with Crippen LogP contribution in [0.2, 0.25) is 0 Å². The maximum Gasteiger partial charge on any atom is 0.0512 e. The molecule has 0 aromatic rings. The van der Waals surface area contributed by atoms with Gasteiger partial charge in [0.1, 0.15) is 0 Å². The highest BCUT2D eigenvalue weighted by atomic mass is 16.3. The molecule has 1 nitrogen and oxygen atoms in total. The third-order valence-corrected chi connectivity index (χ3v) is 3.37. The number of rotatable bonds is 3. The van der Waals surface area contributed by atoms with Gasteiger partial charge in [-0.3, -0.25) is 0 Å². The van der Waals surface area contributed by atoms with E-state index in [9.17, 15) is 0 Å². The number of aliphatic hydroxyl groups is 1. The Bertz CT molecular complexity index is 183. The molecule has 0 aromatic carbocycles. The zero-order chi connectivity index (χ0) is 8.55. The molecule has 1 heteroatoms. The summed E-state index contributed by atoms with van der Waals surface area (Å²) < 4.78 is 0. The fraction of sp³-hybridized carbons (Fsp3) is 0.818. The molecule has 1 N–H and O–H groups in total. The Hall–Kier alpha value is -0.300. The smallest absolute Gasteiger partial charge is 0.0512 e. The van der Waals surface area contributed by atoms with Crippen molar-refractivity contribution in [3.05, 3.63) is 12.2 Å². The monoisotopic (exact) mass is 166 g/mol. The van der Waals surface area contributed by atoms with Gasteiger partial charge in [-0.05, 0) is 50.4 Å². The van der Waals surface area contributed by atoms with Crippen LogP contribution in [0.4, 0.5) is 0 Å². The number of allylic oxidation sites excluding steroid dienone is 2. The first-order valence-electron chi connectivity index (χ1n) is 5.12. The van der Waals surface area contributed by atoms with Crippen molar-refractivity contribution in [1.29, 1.82) is 0 Å². The highest BCUT2D eigenvalue weighted by molar-refractivity contribution is 5.09. The lowest BCUT2D eigenvalue weighted by atomic mass is 9.89. The van der Waals surface area contributed by atoms with E-state index in [2.05, 4.69) is 12.2 Å². The highest BCUT2D eigenvalue weighted by Crippen LogP contribution is 2.45. The van der Waals surface area contributed by atoms with Crippen LogP contribution in [0.1, 0.15) is 32.6 Å². The van der Waals surface area contributed by atoms with Gasteiger partial charge < -0.3 is 5.11 Å². The molecule has 68 valence electrons. The first-order valence-corrected chi connectivity index (χ1v) is 5.12. The largest absolute Gasteiger partial charge is 0.393 e. The van der Waals surface area contributed by atoms with Crippen LogP contribution in [0.5, 0.6) is 0 Å². The second-order valence-electron chi connectivity index (χ2n) is 4.47. The summed E-state index contributed by atoms with van der Waals surface area (Å²) in [5.74, 6) is 2.62. The topological polar surface area (TPSA) is 20.2 Å². The quantitative estimate of drug-likeness (QED) is 0.638. The summed E-state index contributed by atoms with van der Waals surface area (Å²) in [7, 11) is 0. The number of aliphatic hydroxyl groups excluding tert-OH is 1. The van der Waals surface area contributed by atoms with Crippen LogP contribution in [0.3, 0.4) is 0 Å². The van der Waals surface area contributed by atoms with Gasteiger partial charge in [-0.1, -0.05) is 12.2 Å². The fourth-order valence-corrected chi connectivity index (χ4v) is 2.68. The van der Waals surface area contributed by atoms with Gasteiger partial charge in [0.25, 0.3) is 0 Å². The highest BCUT2D eigenvalue weighted by Gasteiger charge is 2.34. The Morgan fingerprint density at radius 1 is 1.42 bits per heavy atom. The minimum Gasteiger partial charge on any atom is -0.393 e. The molecule has 0 aromatic heterocycles. The molecule has 1 fully saturated rings. The predicted octanol–water partition coefficient (Wildman–Crippen LogP) is 2.36. The van der Waals surface area contributed by atoms with Crippen LogP contribution in [-0.4, -0.2) is 11.2 Å². The molecule has 0 saturated heterocycles. The minimum absolute atomic E-state index is 0.104. The van der Waals surface area contributed by atoms with E-state index in [1.54, 1.807) is 0 Å². The average Bonchev–Trinajstić information content (AvgIpc) is 2.60. The Labute approximate surface area is 74.5 Å². The molecule has 2 aliphatic carbocycles. The predicted molar refractivity (Wildman–Crippen MR) is 49.8 cm³/mol. The SMILES string of the molecule is CC(O)CCC1CC2C=CC1C2. The van der Waals surface area contributed by atoms with Crippen LogP contribution in [-0.2, 0) is 0 Å². The normalized spacial score (nSPS) is 40.7. The minimum atomic E-state index is -0.104. The van der Waals surface area contributed by atoms with E-state index >= 15 is 0 Å². The number of hydrogen-bond acceptors (Lipinski definition) is 1. The van der Waals surface area contributed by atoms with Crippen molar-refractivity contribution in [3.63, 3.8) is 0 Å². The average molecular weight is 166 g/mol. The van der Waals surface area contributed by atoms with Crippen molar-refractivity contribution in [1.82, 2.24) is 0 Å². The summed E-state index contributed by atoms with van der Waals surface area (Å²) in [5.41, 5.74) is 0. The van der Waals surface area contributed by atoms with Crippen LogP contribution in [0.25, 0.3) is 0 Å². The van der Waals surface area contributed by atoms with E-state index in [0.717, 1.165) is 24.2 Å². The number of hydrogen-bond donors (Lipinski definition) is 1. The van der Waals surface area contributed by atoms with Gasteiger partial charge >= 0.3 is 0 Å². The van der Waals surface area contributed by atoms with E-state index in [-0.39, 0.29) is 6.10 Å². The molecule has 2 rings (SSSR count). The van der Waals surface area contributed by atoms with Crippen molar-refractivity contribution in [3.8, 4) is 0 Å². The molecule has 0 radical (unpaired) electrons. The molecule has 2 bridgehead atoms. The third kappa shape index (κ3) is 1.56. The zero-order valence-electron chi connectivity index (χ0n) is 7.74. The Kier molecular flexibility index (Phi) is 2.22. The van der Waals surface area contributed by atoms with Gasteiger partial charge in [0, 0.05) is 0 Å². The van der Waals surface area contributed by atoms with Gasteiger partial charge in [0.2, 0.25) is 0 Å². The zero-order valence-corrected chi connectivity index (χ0v) is 7.74. The molecule has 4 atom stereocenters. The first kappa shape index (κ1) is 8.31. The Balaban J connectivity index is 1.80. The summed E-state index contributed by atoms with van der Waals surface area (Å²) >= 11 is 0. The van der Waals surface area contributed by atoms with Crippen molar-refractivity contribution in [2.75, 3.05) is 0 Å². The van der Waals surface area contributed by atoms with Crippen LogP contribution in [0, 0.1) is 17.8 Å². The van der Waals surface area contributed by atoms with E-state index in [4.69, 9.17) is 5.11 Å². The molecule has 0 spiro atoms. The lowest BCUT2D eigenvalue weighted by Crippen LogP contribution is -2.10. The molecule has 0 amide bonds. The van der Waals surface area contributed by atoms with E-state index in [0.29, 0.717) is 0 Å². The molecule has 2 aliphatic rings. The second kappa shape index (κ2) is 3.21. The third-order valence-electron chi connectivity index (χ3n) is 3.37. The van der Waals surface area contributed by atoms with E-state index in [1.807, 2.05) is 6.92 Å². The summed E-state index contributed by atoms with van der Waals surface area (Å²) in [6.07, 6.45) is 9.65.